The molecule has 0 atom stereocenters. The van der Waals surface area contributed by atoms with Crippen molar-refractivity contribution in [2.24, 2.45) is 5.92 Å². The van der Waals surface area contributed by atoms with Gasteiger partial charge in [0.25, 0.3) is 0 Å². The minimum atomic E-state index is 0.122. The van der Waals surface area contributed by atoms with Crippen LogP contribution in [-0.4, -0.2) is 42.1 Å². The van der Waals surface area contributed by atoms with Crippen molar-refractivity contribution >= 4 is 5.91 Å². The van der Waals surface area contributed by atoms with Gasteiger partial charge in [0, 0.05) is 18.7 Å². The van der Waals surface area contributed by atoms with Gasteiger partial charge in [-0.05, 0) is 44.3 Å². The van der Waals surface area contributed by atoms with E-state index in [1.807, 2.05) is 17.0 Å². The maximum absolute atomic E-state index is 12.5. The van der Waals surface area contributed by atoms with Gasteiger partial charge in [-0.1, -0.05) is 25.1 Å². The van der Waals surface area contributed by atoms with Gasteiger partial charge in [0.2, 0.25) is 5.91 Å². The van der Waals surface area contributed by atoms with Crippen LogP contribution in [0.25, 0.3) is 0 Å². The van der Waals surface area contributed by atoms with E-state index in [4.69, 9.17) is 0 Å². The molecule has 21 heavy (non-hydrogen) atoms. The van der Waals surface area contributed by atoms with Crippen LogP contribution in [0.15, 0.2) is 24.3 Å². The SMILES string of the molecule is CCCN(CC1CCNCC1)C(=O)Cc1ccccc1O. The molecule has 1 amide bonds. The van der Waals surface area contributed by atoms with Crippen LogP contribution < -0.4 is 5.32 Å². The van der Waals surface area contributed by atoms with E-state index < -0.39 is 0 Å². The first-order valence-electron chi connectivity index (χ1n) is 7.96. The Kier molecular flexibility index (Phi) is 6.05. The number of nitrogens with zero attached hydrogens (tertiary/aromatic N) is 1. The number of hydrogen-bond donors (Lipinski definition) is 2. The van der Waals surface area contributed by atoms with Crippen molar-refractivity contribution in [1.29, 1.82) is 0 Å². The summed E-state index contributed by atoms with van der Waals surface area (Å²) in [6.45, 7) is 5.86. The Morgan fingerprint density at radius 2 is 2.05 bits per heavy atom. The van der Waals surface area contributed by atoms with Crippen LogP contribution in [0.2, 0.25) is 0 Å². The molecule has 116 valence electrons. The van der Waals surface area contributed by atoms with Gasteiger partial charge in [0.15, 0.2) is 0 Å². The van der Waals surface area contributed by atoms with Crippen molar-refractivity contribution in [3.8, 4) is 5.75 Å². The summed E-state index contributed by atoms with van der Waals surface area (Å²) in [5.41, 5.74) is 0.717. The average molecular weight is 290 g/mol. The zero-order valence-electron chi connectivity index (χ0n) is 12.8. The first-order valence-corrected chi connectivity index (χ1v) is 7.96. The van der Waals surface area contributed by atoms with Crippen LogP contribution in [0, 0.1) is 5.92 Å². The van der Waals surface area contributed by atoms with Gasteiger partial charge in [-0.15, -0.1) is 0 Å². The van der Waals surface area contributed by atoms with E-state index in [1.165, 1.54) is 0 Å². The Bertz CT molecular complexity index is 456. The quantitative estimate of drug-likeness (QED) is 0.844. The van der Waals surface area contributed by atoms with Crippen LogP contribution >= 0.6 is 0 Å². The van der Waals surface area contributed by atoms with Crippen molar-refractivity contribution in [2.45, 2.75) is 32.6 Å². The van der Waals surface area contributed by atoms with E-state index in [2.05, 4.69) is 12.2 Å². The third-order valence-corrected chi connectivity index (χ3v) is 4.12. The van der Waals surface area contributed by atoms with Gasteiger partial charge in [0.1, 0.15) is 5.75 Å². The summed E-state index contributed by atoms with van der Waals surface area (Å²) in [7, 11) is 0. The van der Waals surface area contributed by atoms with E-state index in [1.54, 1.807) is 12.1 Å². The molecular formula is C17H26N2O2. The Balaban J connectivity index is 1.96. The molecule has 1 aliphatic rings. The molecule has 0 bridgehead atoms. The summed E-state index contributed by atoms with van der Waals surface area (Å²) < 4.78 is 0. The first-order chi connectivity index (χ1) is 10.2. The molecule has 1 aromatic carbocycles. The highest BCUT2D eigenvalue weighted by molar-refractivity contribution is 5.79. The number of amides is 1. The fourth-order valence-electron chi connectivity index (χ4n) is 2.90. The summed E-state index contributed by atoms with van der Waals surface area (Å²) in [6.07, 6.45) is 3.54. The largest absolute Gasteiger partial charge is 0.508 e. The molecule has 0 aromatic heterocycles. The second-order valence-electron chi connectivity index (χ2n) is 5.84. The summed E-state index contributed by atoms with van der Waals surface area (Å²) in [5.74, 6) is 0.937. The molecule has 0 saturated carbocycles. The van der Waals surface area contributed by atoms with Crippen molar-refractivity contribution in [3.05, 3.63) is 29.8 Å². The zero-order valence-corrected chi connectivity index (χ0v) is 12.8. The molecule has 1 aromatic rings. The van der Waals surface area contributed by atoms with Gasteiger partial charge in [-0.25, -0.2) is 0 Å². The summed E-state index contributed by atoms with van der Waals surface area (Å²) >= 11 is 0. The van der Waals surface area contributed by atoms with Crippen molar-refractivity contribution in [1.82, 2.24) is 10.2 Å². The van der Waals surface area contributed by atoms with E-state index in [-0.39, 0.29) is 18.1 Å². The van der Waals surface area contributed by atoms with Crippen molar-refractivity contribution < 1.29 is 9.90 Å². The lowest BCUT2D eigenvalue weighted by molar-refractivity contribution is -0.131. The molecule has 0 radical (unpaired) electrons. The molecule has 1 fully saturated rings. The number of para-hydroxylation sites is 1. The average Bonchev–Trinajstić information content (AvgIpc) is 2.50. The number of phenolic OH excluding ortho intramolecular Hbond substituents is 1. The number of benzene rings is 1. The predicted octanol–water partition coefficient (Wildman–Crippen LogP) is 2.17. The lowest BCUT2D eigenvalue weighted by Gasteiger charge is -2.30. The molecule has 1 heterocycles. The molecule has 4 heteroatoms. The second kappa shape index (κ2) is 8.03. The Morgan fingerprint density at radius 1 is 1.33 bits per heavy atom. The van der Waals surface area contributed by atoms with Crippen molar-refractivity contribution in [3.63, 3.8) is 0 Å². The second-order valence-corrected chi connectivity index (χ2v) is 5.84. The number of rotatable bonds is 6. The summed E-state index contributed by atoms with van der Waals surface area (Å²) in [4.78, 5) is 14.5. The first kappa shape index (κ1) is 15.8. The zero-order chi connectivity index (χ0) is 15.1. The highest BCUT2D eigenvalue weighted by atomic mass is 16.3. The summed E-state index contributed by atoms with van der Waals surface area (Å²) in [6, 6.07) is 7.10. The van der Waals surface area contributed by atoms with E-state index in [9.17, 15) is 9.90 Å². The highest BCUT2D eigenvalue weighted by Crippen LogP contribution is 2.19. The predicted molar refractivity (Wildman–Crippen MR) is 84.3 cm³/mol. The Morgan fingerprint density at radius 3 is 2.71 bits per heavy atom. The number of piperidine rings is 1. The summed E-state index contributed by atoms with van der Waals surface area (Å²) in [5, 5.41) is 13.2. The lowest BCUT2D eigenvalue weighted by atomic mass is 9.97. The molecular weight excluding hydrogens is 264 g/mol. The highest BCUT2D eigenvalue weighted by Gasteiger charge is 2.21. The molecule has 0 aliphatic carbocycles. The standard InChI is InChI=1S/C17H26N2O2/c1-2-11-19(13-14-7-9-18-10-8-14)17(21)12-15-5-3-4-6-16(15)20/h3-6,14,18,20H,2,7-13H2,1H3. The monoisotopic (exact) mass is 290 g/mol. The fraction of sp³-hybridized carbons (Fsp3) is 0.588. The molecule has 0 spiro atoms. The van der Waals surface area contributed by atoms with Gasteiger partial charge < -0.3 is 15.3 Å². The van der Waals surface area contributed by atoms with Crippen molar-refractivity contribution in [2.75, 3.05) is 26.2 Å². The maximum atomic E-state index is 12.5. The van der Waals surface area contributed by atoms with Crippen LogP contribution in [0.5, 0.6) is 5.75 Å². The number of phenols is 1. The van der Waals surface area contributed by atoms with Gasteiger partial charge in [0.05, 0.1) is 6.42 Å². The van der Waals surface area contributed by atoms with Crippen LogP contribution in [0.3, 0.4) is 0 Å². The number of carbonyl (C=O) groups is 1. The molecule has 2 rings (SSSR count). The molecule has 1 saturated heterocycles. The topological polar surface area (TPSA) is 52.6 Å². The van der Waals surface area contributed by atoms with Crippen LogP contribution in [-0.2, 0) is 11.2 Å². The molecule has 4 nitrogen and oxygen atoms in total. The normalized spacial score (nSPS) is 15.9. The third kappa shape index (κ3) is 4.74. The maximum Gasteiger partial charge on any atom is 0.227 e. The van der Waals surface area contributed by atoms with E-state index in [0.717, 1.165) is 45.4 Å². The number of carbonyl (C=O) groups excluding carboxylic acids is 1. The van der Waals surface area contributed by atoms with Gasteiger partial charge in [-0.2, -0.15) is 0 Å². The van der Waals surface area contributed by atoms with Gasteiger partial charge >= 0.3 is 0 Å². The number of nitrogens with one attached hydrogen (secondary N) is 1. The van der Waals surface area contributed by atoms with E-state index >= 15 is 0 Å². The van der Waals surface area contributed by atoms with Gasteiger partial charge in [-0.3, -0.25) is 4.79 Å². The van der Waals surface area contributed by atoms with E-state index in [0.29, 0.717) is 11.5 Å². The number of aromatic hydroxyl groups is 1. The Hall–Kier alpha value is -1.55. The Labute approximate surface area is 127 Å². The smallest absolute Gasteiger partial charge is 0.227 e. The third-order valence-electron chi connectivity index (χ3n) is 4.12. The van der Waals surface area contributed by atoms with Crippen LogP contribution in [0.4, 0.5) is 0 Å². The molecule has 0 unspecified atom stereocenters. The lowest BCUT2D eigenvalue weighted by Crippen LogP contribution is -2.40. The van der Waals surface area contributed by atoms with Crippen LogP contribution in [0.1, 0.15) is 31.7 Å². The minimum Gasteiger partial charge on any atom is -0.508 e. The minimum absolute atomic E-state index is 0.122. The molecule has 1 aliphatic heterocycles. The number of hydrogen-bond acceptors (Lipinski definition) is 3. The fourth-order valence-corrected chi connectivity index (χ4v) is 2.90. The molecule has 2 N–H and O–H groups in total.